The summed E-state index contributed by atoms with van der Waals surface area (Å²) in [6.45, 7) is 2.03. The van der Waals surface area contributed by atoms with E-state index in [-0.39, 0.29) is 23.0 Å². The van der Waals surface area contributed by atoms with Crippen molar-refractivity contribution in [1.82, 2.24) is 9.71 Å². The van der Waals surface area contributed by atoms with E-state index in [0.29, 0.717) is 39.8 Å². The fourth-order valence-corrected chi connectivity index (χ4v) is 4.86. The van der Waals surface area contributed by atoms with E-state index in [9.17, 15) is 27.0 Å². The molecule has 2 amide bonds. The molecule has 0 aliphatic carbocycles. The van der Waals surface area contributed by atoms with Crippen molar-refractivity contribution in [1.29, 1.82) is 0 Å². The predicted molar refractivity (Wildman–Crippen MR) is 147 cm³/mol. The minimum absolute atomic E-state index is 0.278. The normalized spacial score (nSPS) is 12.1. The Balaban J connectivity index is 1.44. The van der Waals surface area contributed by atoms with Crippen molar-refractivity contribution in [2.45, 2.75) is 43.9 Å². The average molecular weight is 570 g/mol. The van der Waals surface area contributed by atoms with Gasteiger partial charge in [0.2, 0.25) is 5.91 Å². The number of carbonyl (C=O) groups is 2. The van der Waals surface area contributed by atoms with Gasteiger partial charge in [0.25, 0.3) is 5.91 Å². The van der Waals surface area contributed by atoms with Crippen molar-refractivity contribution < 1.29 is 31.7 Å². The van der Waals surface area contributed by atoms with Crippen molar-refractivity contribution in [2.24, 2.45) is 0 Å². The number of pyridine rings is 1. The Morgan fingerprint density at radius 2 is 1.70 bits per heavy atom. The number of hydrogen-bond donors (Lipinski definition) is 2. The Kier molecular flexibility index (Phi) is 9.15. The first kappa shape index (κ1) is 28.8. The molecule has 0 saturated carbocycles. The molecule has 0 aliphatic heterocycles. The fraction of sp³-hybridized carbons (Fsp3) is 0.207. The maximum atomic E-state index is 12.9. The average Bonchev–Trinajstić information content (AvgIpc) is 2.92. The van der Waals surface area contributed by atoms with Crippen LogP contribution in [0.5, 0.6) is 5.75 Å². The minimum atomic E-state index is -4.78. The molecule has 4 rings (SSSR count). The van der Waals surface area contributed by atoms with E-state index in [0.717, 1.165) is 12.8 Å². The Morgan fingerprint density at radius 3 is 2.42 bits per heavy atom. The summed E-state index contributed by atoms with van der Waals surface area (Å²) < 4.78 is 56.7. The summed E-state index contributed by atoms with van der Waals surface area (Å²) in [4.78, 5) is 29.8. The highest BCUT2D eigenvalue weighted by Crippen LogP contribution is 2.28. The summed E-state index contributed by atoms with van der Waals surface area (Å²) in [5, 5.41) is 3.23. The summed E-state index contributed by atoms with van der Waals surface area (Å²) in [6.07, 6.45) is -1.92. The second kappa shape index (κ2) is 12.7. The van der Waals surface area contributed by atoms with Crippen molar-refractivity contribution in [3.63, 3.8) is 0 Å². The smallest absolute Gasteiger partial charge is 0.406 e. The van der Waals surface area contributed by atoms with Crippen LogP contribution in [-0.4, -0.2) is 27.4 Å². The third kappa shape index (κ3) is 7.66. The van der Waals surface area contributed by atoms with Gasteiger partial charge in [-0.15, -0.1) is 13.2 Å². The van der Waals surface area contributed by atoms with Crippen molar-refractivity contribution in [2.75, 3.05) is 5.32 Å². The van der Waals surface area contributed by atoms with E-state index in [1.165, 1.54) is 18.2 Å². The molecule has 0 aliphatic rings. The number of para-hydroxylation sites is 1. The number of hydrogen-bond acceptors (Lipinski definition) is 5. The van der Waals surface area contributed by atoms with Crippen LogP contribution in [0.1, 0.15) is 43.0 Å². The van der Waals surface area contributed by atoms with E-state index < -0.39 is 23.3 Å². The van der Waals surface area contributed by atoms with Gasteiger partial charge in [-0.2, -0.15) is 0 Å². The molecule has 3 aromatic carbocycles. The molecule has 0 spiro atoms. The van der Waals surface area contributed by atoms with E-state index in [1.807, 2.05) is 6.92 Å². The molecular weight excluding hydrogens is 543 g/mol. The lowest BCUT2D eigenvalue weighted by molar-refractivity contribution is -0.274. The van der Waals surface area contributed by atoms with Crippen LogP contribution in [0.15, 0.2) is 83.8 Å². The summed E-state index contributed by atoms with van der Waals surface area (Å²) >= 11 is 0. The molecule has 0 radical (unpaired) electrons. The summed E-state index contributed by atoms with van der Waals surface area (Å²) in [5.41, 5.74) is 2.40. The van der Waals surface area contributed by atoms with Crippen LogP contribution >= 0.6 is 0 Å². The lowest BCUT2D eigenvalue weighted by Gasteiger charge is -2.12. The number of anilines is 1. The first-order valence-electron chi connectivity index (χ1n) is 12.5. The lowest BCUT2D eigenvalue weighted by atomic mass is 10.1. The van der Waals surface area contributed by atoms with Crippen molar-refractivity contribution >= 4 is 39.4 Å². The zero-order valence-electron chi connectivity index (χ0n) is 21.5. The fourth-order valence-electron chi connectivity index (χ4n) is 3.92. The molecule has 0 bridgehead atoms. The Morgan fingerprint density at radius 1 is 0.950 bits per heavy atom. The van der Waals surface area contributed by atoms with Gasteiger partial charge in [0.1, 0.15) is 5.75 Å². The highest BCUT2D eigenvalue weighted by atomic mass is 32.2. The summed E-state index contributed by atoms with van der Waals surface area (Å²) in [7, 11) is -1.84. The van der Waals surface area contributed by atoms with Gasteiger partial charge >= 0.3 is 6.36 Å². The highest BCUT2D eigenvalue weighted by molar-refractivity contribution is 7.83. The number of ether oxygens (including phenoxy) is 1. The summed E-state index contributed by atoms with van der Waals surface area (Å²) in [5.74, 6) is -1.08. The number of rotatable bonds is 10. The molecule has 2 N–H and O–H groups in total. The number of benzene rings is 3. The zero-order chi connectivity index (χ0) is 28.7. The number of carbonyl (C=O) groups excluding carboxylic acids is 2. The second-order valence-electron chi connectivity index (χ2n) is 8.88. The van der Waals surface area contributed by atoms with Gasteiger partial charge < -0.3 is 10.1 Å². The molecule has 1 aromatic heterocycles. The van der Waals surface area contributed by atoms with Crippen LogP contribution in [-0.2, 0) is 15.8 Å². The molecule has 4 aromatic rings. The Hall–Kier alpha value is -4.25. The molecule has 11 heteroatoms. The third-order valence-corrected chi connectivity index (χ3v) is 7.05. The first-order chi connectivity index (χ1) is 19.1. The largest absolute Gasteiger partial charge is 0.573 e. The van der Waals surface area contributed by atoms with Crippen molar-refractivity contribution in [3.05, 3.63) is 84.4 Å². The quantitative estimate of drug-likeness (QED) is 0.206. The van der Waals surface area contributed by atoms with Gasteiger partial charge in [-0.05, 0) is 55.0 Å². The van der Waals surface area contributed by atoms with Crippen LogP contribution in [0.25, 0.3) is 22.2 Å². The Bertz CT molecular complexity index is 1540. The molecule has 1 unspecified atom stereocenters. The predicted octanol–water partition coefficient (Wildman–Crippen LogP) is 6.77. The number of amides is 2. The monoisotopic (exact) mass is 569 g/mol. The minimum Gasteiger partial charge on any atom is -0.406 e. The second-order valence-corrected chi connectivity index (χ2v) is 10.1. The number of aromatic nitrogens is 1. The zero-order valence-corrected chi connectivity index (χ0v) is 22.3. The summed E-state index contributed by atoms with van der Waals surface area (Å²) in [6, 6.07) is 20.3. The van der Waals surface area contributed by atoms with Gasteiger partial charge in [0.15, 0.2) is 11.0 Å². The van der Waals surface area contributed by atoms with E-state index in [4.69, 9.17) is 0 Å². The van der Waals surface area contributed by atoms with E-state index in [1.54, 1.807) is 60.7 Å². The van der Waals surface area contributed by atoms with Crippen LogP contribution in [0.3, 0.4) is 0 Å². The maximum Gasteiger partial charge on any atom is 0.573 e. The van der Waals surface area contributed by atoms with E-state index in [2.05, 4.69) is 19.8 Å². The van der Waals surface area contributed by atoms with Gasteiger partial charge in [-0.1, -0.05) is 50.1 Å². The van der Waals surface area contributed by atoms with Crippen LogP contribution in [0.4, 0.5) is 18.9 Å². The van der Waals surface area contributed by atoms with Crippen LogP contribution in [0.2, 0.25) is 0 Å². The SMILES string of the molecule is CCCCCC(=O)NS(=O)c1ccccc1NC(=O)c1ccc(-c2ccc3cc(OC(F)(F)F)ccc3n2)cc1. The number of nitrogens with one attached hydrogen (secondary N) is 2. The molecular formula is C29H26F3N3O4S. The van der Waals surface area contributed by atoms with Gasteiger partial charge in [-0.25, -0.2) is 9.19 Å². The molecule has 1 heterocycles. The molecule has 1 atom stereocenters. The van der Waals surface area contributed by atoms with Gasteiger partial charge in [0, 0.05) is 22.9 Å². The Labute approximate surface area is 231 Å². The number of unbranched alkanes of at least 4 members (excludes halogenated alkanes) is 2. The highest BCUT2D eigenvalue weighted by Gasteiger charge is 2.31. The molecule has 0 saturated heterocycles. The third-order valence-electron chi connectivity index (χ3n) is 5.89. The molecule has 0 fully saturated rings. The van der Waals surface area contributed by atoms with Gasteiger partial charge in [0.05, 0.1) is 21.8 Å². The number of fused-ring (bicyclic) bond motifs is 1. The number of nitrogens with zero attached hydrogens (tertiary/aromatic N) is 1. The topological polar surface area (TPSA) is 97.4 Å². The number of halogens is 3. The maximum absolute atomic E-state index is 12.9. The van der Waals surface area contributed by atoms with Crippen molar-refractivity contribution in [3.8, 4) is 17.0 Å². The van der Waals surface area contributed by atoms with Gasteiger partial charge in [-0.3, -0.25) is 14.3 Å². The van der Waals surface area contributed by atoms with Crippen LogP contribution < -0.4 is 14.8 Å². The lowest BCUT2D eigenvalue weighted by Crippen LogP contribution is -2.26. The molecule has 7 nitrogen and oxygen atoms in total. The standard InChI is InChI=1S/C29H26F3N3O4S/c1-2-3-4-9-27(36)35-40(38)26-8-6-5-7-25(26)34-28(37)20-12-10-19(11-13-20)23-16-14-21-18-22(39-29(30,31)32)15-17-24(21)33-23/h5-8,10-18H,2-4,9H2,1H3,(H,34,37)(H,35,36). The van der Waals surface area contributed by atoms with Crippen LogP contribution in [0, 0.1) is 0 Å². The molecule has 208 valence electrons. The number of alkyl halides is 3. The molecule has 40 heavy (non-hydrogen) atoms. The van der Waals surface area contributed by atoms with E-state index >= 15 is 0 Å². The first-order valence-corrected chi connectivity index (χ1v) is 13.7.